The SMILES string of the molecule is Cl[I-][n+]1ccccc1[Se]c1ccc(Cl)cc1. The van der Waals surface area contributed by atoms with Crippen LogP contribution in [0.25, 0.3) is 0 Å². The molecule has 0 bridgehead atoms. The molecule has 84 valence electrons. The molecule has 2 rings (SSSR count). The molecule has 0 atom stereocenters. The molecular formula is C11H8Cl2INSe. The van der Waals surface area contributed by atoms with Crippen LogP contribution in [-0.2, 0) is 0 Å². The fraction of sp³-hybridized carbons (Fsp3) is 0. The van der Waals surface area contributed by atoms with Crippen LogP contribution in [0.5, 0.6) is 0 Å². The van der Waals surface area contributed by atoms with E-state index in [1.54, 1.807) is 0 Å². The minimum atomic E-state index is -0.439. The van der Waals surface area contributed by atoms with E-state index in [4.69, 9.17) is 20.5 Å². The molecular weight excluding hydrogens is 423 g/mol. The van der Waals surface area contributed by atoms with Gasteiger partial charge >= 0.3 is 121 Å². The molecule has 0 N–H and O–H groups in total. The topological polar surface area (TPSA) is 3.88 Å². The number of rotatable bonds is 3. The normalized spacial score (nSPS) is 10.6. The molecule has 0 aliphatic carbocycles. The van der Waals surface area contributed by atoms with E-state index in [2.05, 4.69) is 27.0 Å². The first-order chi connectivity index (χ1) is 7.79. The Hall–Kier alpha value is 0.199. The summed E-state index contributed by atoms with van der Waals surface area (Å²) in [5.41, 5.74) is 0. The van der Waals surface area contributed by atoms with E-state index in [-0.39, 0.29) is 0 Å². The zero-order valence-corrected chi connectivity index (χ0v) is 13.5. The molecule has 2 aromatic rings. The summed E-state index contributed by atoms with van der Waals surface area (Å²) >= 11 is 5.71. The Balaban J connectivity index is 2.23. The Morgan fingerprint density at radius 1 is 1.06 bits per heavy atom. The van der Waals surface area contributed by atoms with E-state index in [1.807, 2.05) is 24.4 Å². The van der Waals surface area contributed by atoms with Crippen molar-refractivity contribution >= 4 is 44.5 Å². The van der Waals surface area contributed by atoms with E-state index < -0.39 is 20.4 Å². The van der Waals surface area contributed by atoms with Crippen molar-refractivity contribution in [1.29, 1.82) is 0 Å². The summed E-state index contributed by atoms with van der Waals surface area (Å²) in [7, 11) is 5.99. The molecule has 0 saturated carbocycles. The number of nitrogens with zero attached hydrogens (tertiary/aromatic N) is 1. The van der Waals surface area contributed by atoms with Gasteiger partial charge in [0.15, 0.2) is 0 Å². The van der Waals surface area contributed by atoms with E-state index in [0.717, 1.165) is 5.02 Å². The van der Waals surface area contributed by atoms with Crippen molar-refractivity contribution in [2.24, 2.45) is 0 Å². The van der Waals surface area contributed by atoms with Crippen LogP contribution in [0.1, 0.15) is 0 Å². The van der Waals surface area contributed by atoms with Gasteiger partial charge in [0.2, 0.25) is 0 Å². The zero-order valence-electron chi connectivity index (χ0n) is 8.11. The maximum absolute atomic E-state index is 5.99. The van der Waals surface area contributed by atoms with Gasteiger partial charge in [0.1, 0.15) is 0 Å². The molecule has 0 radical (unpaired) electrons. The number of aromatic nitrogens is 1. The molecule has 0 saturated heterocycles. The third kappa shape index (κ3) is 3.34. The van der Waals surface area contributed by atoms with Gasteiger partial charge in [-0.25, -0.2) is 0 Å². The van der Waals surface area contributed by atoms with Gasteiger partial charge in [-0.3, -0.25) is 0 Å². The number of hydrogen-bond acceptors (Lipinski definition) is 0. The van der Waals surface area contributed by atoms with Crippen LogP contribution >= 0.6 is 20.5 Å². The van der Waals surface area contributed by atoms with Crippen LogP contribution in [0.2, 0.25) is 5.02 Å². The summed E-state index contributed by atoms with van der Waals surface area (Å²) in [5.74, 6) is 0. The Kier molecular flexibility index (Phi) is 4.92. The van der Waals surface area contributed by atoms with Gasteiger partial charge in [-0.2, -0.15) is 0 Å². The summed E-state index contributed by atoms with van der Waals surface area (Å²) in [5, 5.41) is 0.783. The van der Waals surface area contributed by atoms with Crippen molar-refractivity contribution < 1.29 is 23.1 Å². The standard InChI is InChI=1S/C11H8Cl2INSe/c12-9-4-6-10(7-5-9)16-11-3-1-2-8-15(11)14-13/h1-8H. The molecule has 1 heterocycles. The Labute approximate surface area is 120 Å². The van der Waals surface area contributed by atoms with Gasteiger partial charge in [0.25, 0.3) is 0 Å². The molecule has 0 aliphatic heterocycles. The second kappa shape index (κ2) is 6.22. The molecule has 1 nitrogen and oxygen atoms in total. The monoisotopic (exact) mass is 431 g/mol. The third-order valence-corrected chi connectivity index (χ3v) is 7.23. The summed E-state index contributed by atoms with van der Waals surface area (Å²) < 4.78 is 4.78. The first kappa shape index (κ1) is 12.7. The van der Waals surface area contributed by atoms with Gasteiger partial charge in [0.05, 0.1) is 0 Å². The van der Waals surface area contributed by atoms with E-state index >= 15 is 0 Å². The summed E-state index contributed by atoms with van der Waals surface area (Å²) in [4.78, 5) is 0. The average Bonchev–Trinajstić information content (AvgIpc) is 2.33. The van der Waals surface area contributed by atoms with Crippen LogP contribution in [-0.4, -0.2) is 15.0 Å². The van der Waals surface area contributed by atoms with Gasteiger partial charge in [-0.1, -0.05) is 0 Å². The van der Waals surface area contributed by atoms with Gasteiger partial charge in [-0.15, -0.1) is 0 Å². The first-order valence-electron chi connectivity index (χ1n) is 4.50. The van der Waals surface area contributed by atoms with Crippen LogP contribution in [0.4, 0.5) is 0 Å². The average molecular weight is 431 g/mol. The maximum atomic E-state index is 5.99. The second-order valence-corrected chi connectivity index (χ2v) is 7.96. The Bertz CT molecular complexity index is 476. The number of hydrogen-bond donors (Lipinski definition) is 0. The number of pyridine rings is 1. The summed E-state index contributed by atoms with van der Waals surface area (Å²) in [6, 6.07) is 14.2. The van der Waals surface area contributed by atoms with E-state index in [1.165, 1.54) is 9.05 Å². The van der Waals surface area contributed by atoms with Crippen molar-refractivity contribution in [3.63, 3.8) is 0 Å². The van der Waals surface area contributed by atoms with Crippen molar-refractivity contribution in [2.75, 3.05) is 0 Å². The first-order valence-corrected chi connectivity index (χ1v) is 10.3. The predicted molar refractivity (Wildman–Crippen MR) is 64.4 cm³/mol. The second-order valence-electron chi connectivity index (χ2n) is 2.97. The molecule has 1 aromatic carbocycles. The van der Waals surface area contributed by atoms with Crippen molar-refractivity contribution in [3.8, 4) is 0 Å². The predicted octanol–water partition coefficient (Wildman–Crippen LogP) is -1.71. The van der Waals surface area contributed by atoms with Crippen molar-refractivity contribution in [1.82, 2.24) is 0 Å². The third-order valence-electron chi connectivity index (χ3n) is 1.88. The molecule has 0 aliphatic rings. The number of benzene rings is 1. The van der Waals surface area contributed by atoms with Gasteiger partial charge < -0.3 is 0 Å². The fourth-order valence-corrected chi connectivity index (χ4v) is 5.95. The molecule has 16 heavy (non-hydrogen) atoms. The molecule has 5 heteroatoms. The molecule has 1 aromatic heterocycles. The van der Waals surface area contributed by atoms with Crippen LogP contribution < -0.4 is 32.2 Å². The van der Waals surface area contributed by atoms with Crippen LogP contribution in [0.15, 0.2) is 48.7 Å². The molecule has 0 fully saturated rings. The van der Waals surface area contributed by atoms with Crippen LogP contribution in [0.3, 0.4) is 0 Å². The van der Waals surface area contributed by atoms with Crippen molar-refractivity contribution in [2.45, 2.75) is 0 Å². The van der Waals surface area contributed by atoms with Gasteiger partial charge in [-0.05, 0) is 0 Å². The number of halogens is 3. The molecule has 0 spiro atoms. The van der Waals surface area contributed by atoms with Crippen molar-refractivity contribution in [3.05, 3.63) is 53.7 Å². The summed E-state index contributed by atoms with van der Waals surface area (Å²) in [6.07, 6.45) is 2.05. The van der Waals surface area contributed by atoms with Crippen LogP contribution in [0, 0.1) is 0 Å². The zero-order chi connectivity index (χ0) is 11.4. The van der Waals surface area contributed by atoms with E-state index in [9.17, 15) is 0 Å². The Morgan fingerprint density at radius 3 is 2.50 bits per heavy atom. The molecule has 0 amide bonds. The summed E-state index contributed by atoms with van der Waals surface area (Å²) in [6.45, 7) is 0. The Morgan fingerprint density at radius 2 is 1.81 bits per heavy atom. The van der Waals surface area contributed by atoms with Gasteiger partial charge in [0, 0.05) is 0 Å². The molecule has 0 unspecified atom stereocenters. The quantitative estimate of drug-likeness (QED) is 0.403. The minimum absolute atomic E-state index is 0.292. The fourth-order valence-electron chi connectivity index (χ4n) is 1.16. The van der Waals surface area contributed by atoms with E-state index in [0.29, 0.717) is 15.0 Å².